The number of nitrogens with one attached hydrogen (secondary N) is 2. The van der Waals surface area contributed by atoms with Crippen LogP contribution in [0.15, 0.2) is 48.5 Å². The zero-order chi connectivity index (χ0) is 16.7. The summed E-state index contributed by atoms with van der Waals surface area (Å²) >= 11 is 0. The number of hydrogen-bond acceptors (Lipinski definition) is 3. The number of rotatable bonds is 5. The first-order valence-corrected chi connectivity index (χ1v) is 7.15. The molecule has 2 aromatic rings. The van der Waals surface area contributed by atoms with Crippen LogP contribution in [-0.4, -0.2) is 18.4 Å². The maximum Gasteiger partial charge on any atom is 0.313 e. The van der Waals surface area contributed by atoms with Gasteiger partial charge in [-0.3, -0.25) is 9.59 Å². The van der Waals surface area contributed by atoms with E-state index in [1.54, 1.807) is 24.3 Å². The molecule has 0 spiro atoms. The van der Waals surface area contributed by atoms with E-state index in [2.05, 4.69) is 10.6 Å². The van der Waals surface area contributed by atoms with Gasteiger partial charge >= 0.3 is 11.8 Å². The Bertz CT molecular complexity index is 686. The summed E-state index contributed by atoms with van der Waals surface area (Å²) < 4.78 is 18.2. The number of halogens is 1. The molecule has 0 aliphatic rings. The molecule has 0 atom stereocenters. The lowest BCUT2D eigenvalue weighted by atomic mass is 10.2. The first kappa shape index (κ1) is 16.5. The molecule has 0 aliphatic carbocycles. The Kier molecular flexibility index (Phi) is 5.68. The Labute approximate surface area is 133 Å². The van der Waals surface area contributed by atoms with Gasteiger partial charge in [0.1, 0.15) is 11.6 Å². The largest absolute Gasteiger partial charge is 0.492 e. The van der Waals surface area contributed by atoms with Crippen LogP contribution in [0.4, 0.5) is 10.1 Å². The van der Waals surface area contributed by atoms with E-state index in [0.29, 0.717) is 23.6 Å². The van der Waals surface area contributed by atoms with Gasteiger partial charge in [0.2, 0.25) is 0 Å². The number of carbonyl (C=O) groups is 2. The number of benzene rings is 2. The molecule has 120 valence electrons. The Morgan fingerprint density at radius 2 is 1.74 bits per heavy atom. The van der Waals surface area contributed by atoms with E-state index in [1.165, 1.54) is 24.3 Å². The molecule has 2 rings (SSSR count). The molecule has 0 heterocycles. The highest BCUT2D eigenvalue weighted by molar-refractivity contribution is 6.39. The average Bonchev–Trinajstić information content (AvgIpc) is 2.56. The lowest BCUT2D eigenvalue weighted by Gasteiger charge is -2.11. The van der Waals surface area contributed by atoms with Crippen molar-refractivity contribution >= 4 is 17.5 Å². The molecule has 0 bridgehead atoms. The fourth-order valence-corrected chi connectivity index (χ4v) is 1.90. The smallest absolute Gasteiger partial charge is 0.313 e. The number of hydrogen-bond donors (Lipinski definition) is 2. The molecular formula is C17H17FN2O3. The number of amides is 2. The van der Waals surface area contributed by atoms with Gasteiger partial charge in [-0.25, -0.2) is 4.39 Å². The van der Waals surface area contributed by atoms with E-state index in [0.717, 1.165) is 0 Å². The molecule has 0 unspecified atom stereocenters. The summed E-state index contributed by atoms with van der Waals surface area (Å²) in [7, 11) is 0. The number of ether oxygens (including phenoxy) is 1. The highest BCUT2D eigenvalue weighted by Gasteiger charge is 2.15. The van der Waals surface area contributed by atoms with E-state index >= 15 is 0 Å². The first-order chi connectivity index (χ1) is 11.1. The van der Waals surface area contributed by atoms with Crippen LogP contribution in [0.3, 0.4) is 0 Å². The van der Waals surface area contributed by atoms with Crippen LogP contribution >= 0.6 is 0 Å². The molecule has 2 amide bonds. The Morgan fingerprint density at radius 3 is 2.43 bits per heavy atom. The second-order valence-electron chi connectivity index (χ2n) is 4.69. The molecule has 2 N–H and O–H groups in total. The Balaban J connectivity index is 1.92. The Morgan fingerprint density at radius 1 is 1.04 bits per heavy atom. The molecule has 0 radical (unpaired) electrons. The third kappa shape index (κ3) is 4.81. The molecule has 0 aromatic heterocycles. The van der Waals surface area contributed by atoms with Crippen molar-refractivity contribution in [3.05, 3.63) is 59.9 Å². The number of para-hydroxylation sites is 2. The minimum atomic E-state index is -0.792. The quantitative estimate of drug-likeness (QED) is 0.833. The molecule has 0 saturated carbocycles. The fourth-order valence-electron chi connectivity index (χ4n) is 1.90. The maximum atomic E-state index is 12.8. The minimum absolute atomic E-state index is 0.139. The van der Waals surface area contributed by atoms with E-state index in [9.17, 15) is 14.0 Å². The fraction of sp³-hybridized carbons (Fsp3) is 0.176. The molecule has 6 heteroatoms. The monoisotopic (exact) mass is 316 g/mol. The number of carbonyl (C=O) groups excluding carboxylic acids is 2. The van der Waals surface area contributed by atoms with Crippen LogP contribution in [0.5, 0.6) is 5.75 Å². The van der Waals surface area contributed by atoms with Crippen LogP contribution < -0.4 is 15.4 Å². The summed E-state index contributed by atoms with van der Waals surface area (Å²) in [6.07, 6.45) is 0. The normalized spacial score (nSPS) is 10.0. The van der Waals surface area contributed by atoms with E-state index in [4.69, 9.17) is 4.74 Å². The van der Waals surface area contributed by atoms with Gasteiger partial charge < -0.3 is 15.4 Å². The maximum absolute atomic E-state index is 12.8. The van der Waals surface area contributed by atoms with Gasteiger partial charge in [-0.15, -0.1) is 0 Å². The lowest BCUT2D eigenvalue weighted by molar-refractivity contribution is -0.136. The van der Waals surface area contributed by atoms with Crippen LogP contribution in [0, 0.1) is 5.82 Å². The number of anilines is 1. The van der Waals surface area contributed by atoms with Crippen molar-refractivity contribution < 1.29 is 18.7 Å². The van der Waals surface area contributed by atoms with Crippen molar-refractivity contribution in [2.75, 3.05) is 11.9 Å². The van der Waals surface area contributed by atoms with Gasteiger partial charge in [0.25, 0.3) is 0 Å². The predicted octanol–water partition coefficient (Wildman–Crippen LogP) is 2.48. The predicted molar refractivity (Wildman–Crippen MR) is 84.5 cm³/mol. The summed E-state index contributed by atoms with van der Waals surface area (Å²) in [4.78, 5) is 23.7. The second-order valence-corrected chi connectivity index (χ2v) is 4.69. The van der Waals surface area contributed by atoms with Crippen molar-refractivity contribution in [1.82, 2.24) is 5.32 Å². The van der Waals surface area contributed by atoms with Crippen LogP contribution in [0.25, 0.3) is 0 Å². The topological polar surface area (TPSA) is 67.4 Å². The zero-order valence-electron chi connectivity index (χ0n) is 12.6. The molecule has 0 aliphatic heterocycles. The van der Waals surface area contributed by atoms with Crippen molar-refractivity contribution in [3.8, 4) is 5.75 Å². The SMILES string of the molecule is CCOc1ccccc1NC(=O)C(=O)NCc1ccc(F)cc1. The third-order valence-electron chi connectivity index (χ3n) is 3.01. The van der Waals surface area contributed by atoms with Crippen molar-refractivity contribution in [2.45, 2.75) is 13.5 Å². The van der Waals surface area contributed by atoms with E-state index in [-0.39, 0.29) is 12.4 Å². The Hall–Kier alpha value is -2.89. The first-order valence-electron chi connectivity index (χ1n) is 7.15. The van der Waals surface area contributed by atoms with Gasteiger partial charge in [0.15, 0.2) is 0 Å². The highest BCUT2D eigenvalue weighted by atomic mass is 19.1. The summed E-state index contributed by atoms with van der Waals surface area (Å²) in [5.74, 6) is -1.43. The van der Waals surface area contributed by atoms with Crippen molar-refractivity contribution in [3.63, 3.8) is 0 Å². The molecule has 5 nitrogen and oxygen atoms in total. The second kappa shape index (κ2) is 7.93. The van der Waals surface area contributed by atoms with Crippen molar-refractivity contribution in [2.24, 2.45) is 0 Å². The molecule has 0 fully saturated rings. The molecule has 23 heavy (non-hydrogen) atoms. The molecule has 2 aromatic carbocycles. The van der Waals surface area contributed by atoms with E-state index in [1.807, 2.05) is 6.92 Å². The van der Waals surface area contributed by atoms with Crippen molar-refractivity contribution in [1.29, 1.82) is 0 Å². The molecular weight excluding hydrogens is 299 g/mol. The summed E-state index contributed by atoms with van der Waals surface area (Å²) in [6, 6.07) is 12.5. The standard InChI is InChI=1S/C17H17FN2O3/c1-2-23-15-6-4-3-5-14(15)20-17(22)16(21)19-11-12-7-9-13(18)10-8-12/h3-10H,2,11H2,1H3,(H,19,21)(H,20,22). The summed E-state index contributed by atoms with van der Waals surface area (Å²) in [6.45, 7) is 2.41. The van der Waals surface area contributed by atoms with Crippen LogP contribution in [-0.2, 0) is 16.1 Å². The van der Waals surface area contributed by atoms with Crippen LogP contribution in [0.2, 0.25) is 0 Å². The van der Waals surface area contributed by atoms with Gasteiger partial charge in [-0.05, 0) is 36.8 Å². The third-order valence-corrected chi connectivity index (χ3v) is 3.01. The minimum Gasteiger partial charge on any atom is -0.492 e. The molecule has 0 saturated heterocycles. The summed E-state index contributed by atoms with van der Waals surface area (Å²) in [5.41, 5.74) is 1.12. The van der Waals surface area contributed by atoms with E-state index < -0.39 is 11.8 Å². The van der Waals surface area contributed by atoms with Gasteiger partial charge in [-0.2, -0.15) is 0 Å². The van der Waals surface area contributed by atoms with Gasteiger partial charge in [0, 0.05) is 6.54 Å². The summed E-state index contributed by atoms with van der Waals surface area (Å²) in [5, 5.41) is 4.98. The van der Waals surface area contributed by atoms with Gasteiger partial charge in [-0.1, -0.05) is 24.3 Å². The van der Waals surface area contributed by atoms with Gasteiger partial charge in [0.05, 0.1) is 12.3 Å². The van der Waals surface area contributed by atoms with Crippen LogP contribution in [0.1, 0.15) is 12.5 Å². The average molecular weight is 316 g/mol. The lowest BCUT2D eigenvalue weighted by Crippen LogP contribution is -2.35. The zero-order valence-corrected chi connectivity index (χ0v) is 12.6. The highest BCUT2D eigenvalue weighted by Crippen LogP contribution is 2.23.